The van der Waals surface area contributed by atoms with Gasteiger partial charge in [-0.1, -0.05) is 26.0 Å². The molecule has 182 valence electrons. The Morgan fingerprint density at radius 2 is 1.94 bits per heavy atom. The van der Waals surface area contributed by atoms with Crippen LogP contribution in [0.2, 0.25) is 0 Å². The van der Waals surface area contributed by atoms with Gasteiger partial charge in [0.15, 0.2) is 0 Å². The summed E-state index contributed by atoms with van der Waals surface area (Å²) in [6.45, 7) is 11.2. The molecule has 0 saturated heterocycles. The number of rotatable bonds is 6. The Morgan fingerprint density at radius 3 is 2.50 bits per heavy atom. The van der Waals surface area contributed by atoms with Crippen LogP contribution < -0.4 is 0 Å². The van der Waals surface area contributed by atoms with Crippen molar-refractivity contribution in [3.8, 4) is 0 Å². The fourth-order valence-electron chi connectivity index (χ4n) is 4.23. The molecular weight excluding hydrogens is 456 g/mol. The molecule has 9 heteroatoms. The van der Waals surface area contributed by atoms with E-state index < -0.39 is 34.3 Å². The maximum absolute atomic E-state index is 13.2. The molecule has 0 radical (unpaired) electrons. The number of hydrogen-bond acceptors (Lipinski definition) is 8. The molecule has 0 bridgehead atoms. The predicted octanol–water partition coefficient (Wildman–Crippen LogP) is 5.84. The van der Waals surface area contributed by atoms with E-state index in [1.165, 1.54) is 30.6 Å². The van der Waals surface area contributed by atoms with Crippen LogP contribution in [0.15, 0.2) is 29.3 Å². The first-order valence-electron chi connectivity index (χ1n) is 11.1. The fraction of sp³-hybridized carbons (Fsp3) is 0.480. The lowest BCUT2D eigenvalue weighted by molar-refractivity contribution is -0.384. The second-order valence-electron chi connectivity index (χ2n) is 9.81. The van der Waals surface area contributed by atoms with Gasteiger partial charge in [-0.2, -0.15) is 0 Å². The van der Waals surface area contributed by atoms with Crippen LogP contribution in [-0.4, -0.2) is 35.3 Å². The highest BCUT2D eigenvalue weighted by atomic mass is 32.1. The van der Waals surface area contributed by atoms with Crippen molar-refractivity contribution in [3.63, 3.8) is 0 Å². The standard InChI is InChI=1S/C25H30N2O6S/c1-13(2)11-17-20-19(15-9-8-10-16(12-15)27(30)31)18(23(28)32-7)14(3)26-22(20)34-21(17)24(29)33-25(4,5)6/h8-10,12-13,18-19H,11H2,1-7H3. The van der Waals surface area contributed by atoms with Gasteiger partial charge in [-0.25, -0.2) is 9.79 Å². The monoisotopic (exact) mass is 486 g/mol. The molecule has 34 heavy (non-hydrogen) atoms. The third-order valence-corrected chi connectivity index (χ3v) is 6.61. The number of nitrogens with zero attached hydrogens (tertiary/aromatic N) is 2. The molecule has 1 aliphatic rings. The molecule has 1 aliphatic heterocycles. The molecule has 0 amide bonds. The van der Waals surface area contributed by atoms with Crippen molar-refractivity contribution in [3.05, 3.63) is 55.9 Å². The highest BCUT2D eigenvalue weighted by Gasteiger charge is 2.43. The van der Waals surface area contributed by atoms with Gasteiger partial charge in [-0.15, -0.1) is 11.3 Å². The highest BCUT2D eigenvalue weighted by Crippen LogP contribution is 2.51. The summed E-state index contributed by atoms with van der Waals surface area (Å²) in [7, 11) is 1.31. The Hall–Kier alpha value is -3.07. The van der Waals surface area contributed by atoms with Gasteiger partial charge >= 0.3 is 11.9 Å². The quantitative estimate of drug-likeness (QED) is 0.288. The Kier molecular flexibility index (Phi) is 7.26. The van der Waals surface area contributed by atoms with Crippen molar-refractivity contribution < 1.29 is 24.0 Å². The molecule has 2 heterocycles. The van der Waals surface area contributed by atoms with Crippen LogP contribution in [0.4, 0.5) is 10.7 Å². The first kappa shape index (κ1) is 25.6. The summed E-state index contributed by atoms with van der Waals surface area (Å²) in [5, 5.41) is 12.1. The summed E-state index contributed by atoms with van der Waals surface area (Å²) in [4.78, 5) is 42.3. The minimum atomic E-state index is -0.772. The van der Waals surface area contributed by atoms with E-state index in [4.69, 9.17) is 9.47 Å². The van der Waals surface area contributed by atoms with E-state index in [2.05, 4.69) is 4.99 Å². The summed E-state index contributed by atoms with van der Waals surface area (Å²) in [5.74, 6) is -2.08. The number of esters is 2. The first-order chi connectivity index (χ1) is 15.8. The third kappa shape index (κ3) is 5.19. The van der Waals surface area contributed by atoms with Gasteiger partial charge in [-0.05, 0) is 51.2 Å². The molecule has 1 aromatic heterocycles. The number of carbonyl (C=O) groups is 2. The smallest absolute Gasteiger partial charge is 0.349 e. The largest absolute Gasteiger partial charge is 0.468 e. The zero-order chi connectivity index (χ0) is 25.4. The Balaban J connectivity index is 2.31. The molecule has 2 aromatic rings. The van der Waals surface area contributed by atoms with Crippen molar-refractivity contribution >= 4 is 39.7 Å². The molecule has 1 aromatic carbocycles. The minimum absolute atomic E-state index is 0.0733. The number of fused-ring (bicyclic) bond motifs is 1. The Bertz CT molecular complexity index is 1160. The van der Waals surface area contributed by atoms with Crippen molar-refractivity contribution in [2.75, 3.05) is 7.11 Å². The summed E-state index contributed by atoms with van der Waals surface area (Å²) < 4.78 is 10.8. The Labute approximate surface area is 203 Å². The number of carbonyl (C=O) groups excluding carboxylic acids is 2. The highest BCUT2D eigenvalue weighted by molar-refractivity contribution is 7.18. The molecule has 8 nitrogen and oxygen atoms in total. The van der Waals surface area contributed by atoms with Gasteiger partial charge in [0.1, 0.15) is 21.4 Å². The average Bonchev–Trinajstić information content (AvgIpc) is 3.08. The number of aliphatic imine (C=N–C) groups is 1. The number of thiophene rings is 1. The second kappa shape index (κ2) is 9.66. The summed E-state index contributed by atoms with van der Waals surface area (Å²) >= 11 is 1.24. The van der Waals surface area contributed by atoms with Gasteiger partial charge in [-0.3, -0.25) is 14.9 Å². The fourth-order valence-corrected chi connectivity index (χ4v) is 5.42. The van der Waals surface area contributed by atoms with Crippen LogP contribution >= 0.6 is 11.3 Å². The van der Waals surface area contributed by atoms with Crippen molar-refractivity contribution in [2.24, 2.45) is 16.8 Å². The summed E-state index contributed by atoms with van der Waals surface area (Å²) in [5.41, 5.74) is 1.88. The maximum atomic E-state index is 13.2. The van der Waals surface area contributed by atoms with Crippen molar-refractivity contribution in [2.45, 2.75) is 59.5 Å². The van der Waals surface area contributed by atoms with Crippen molar-refractivity contribution in [1.82, 2.24) is 0 Å². The SMILES string of the molecule is COC(=O)C1C(C)=Nc2sc(C(=O)OC(C)(C)C)c(CC(C)C)c2C1c1cccc([N+](=O)[O-])c1. The number of hydrogen-bond donors (Lipinski definition) is 0. The maximum Gasteiger partial charge on any atom is 0.349 e. The number of benzene rings is 1. The lowest BCUT2D eigenvalue weighted by Gasteiger charge is -2.30. The summed E-state index contributed by atoms with van der Waals surface area (Å²) in [6, 6.07) is 6.26. The lowest BCUT2D eigenvalue weighted by Crippen LogP contribution is -2.33. The molecule has 2 unspecified atom stereocenters. The predicted molar refractivity (Wildman–Crippen MR) is 131 cm³/mol. The molecule has 2 atom stereocenters. The number of ether oxygens (including phenoxy) is 2. The second-order valence-corrected chi connectivity index (χ2v) is 10.8. The zero-order valence-electron chi connectivity index (χ0n) is 20.5. The Morgan fingerprint density at radius 1 is 1.26 bits per heavy atom. The number of nitro groups is 1. The zero-order valence-corrected chi connectivity index (χ0v) is 21.3. The van der Waals surface area contributed by atoms with Crippen LogP contribution in [-0.2, 0) is 20.7 Å². The number of non-ortho nitro benzene ring substituents is 1. The molecule has 0 aliphatic carbocycles. The van der Waals surface area contributed by atoms with Gasteiger partial charge in [0, 0.05) is 29.3 Å². The average molecular weight is 487 g/mol. The van der Waals surface area contributed by atoms with Crippen LogP contribution in [0.3, 0.4) is 0 Å². The van der Waals surface area contributed by atoms with E-state index in [-0.39, 0.29) is 11.6 Å². The molecule has 0 spiro atoms. The van der Waals surface area contributed by atoms with Crippen LogP contribution in [0.5, 0.6) is 0 Å². The molecular formula is C25H30N2O6S. The first-order valence-corrected chi connectivity index (χ1v) is 11.9. The van der Waals surface area contributed by atoms with E-state index in [0.717, 1.165) is 11.1 Å². The van der Waals surface area contributed by atoms with E-state index in [1.54, 1.807) is 19.1 Å². The normalized spacial score (nSPS) is 17.7. The summed E-state index contributed by atoms with van der Waals surface area (Å²) in [6.07, 6.45) is 0.564. The van der Waals surface area contributed by atoms with Gasteiger partial charge in [0.05, 0.1) is 12.0 Å². The minimum Gasteiger partial charge on any atom is -0.468 e. The van der Waals surface area contributed by atoms with Gasteiger partial charge in [0.25, 0.3) is 5.69 Å². The van der Waals surface area contributed by atoms with Gasteiger partial charge < -0.3 is 9.47 Å². The van der Waals surface area contributed by atoms with Crippen LogP contribution in [0.1, 0.15) is 73.8 Å². The van der Waals surface area contributed by atoms with E-state index in [0.29, 0.717) is 27.6 Å². The molecule has 0 fully saturated rings. The van der Waals surface area contributed by atoms with E-state index in [1.807, 2.05) is 34.6 Å². The van der Waals surface area contributed by atoms with Gasteiger partial charge in [0.2, 0.25) is 0 Å². The lowest BCUT2D eigenvalue weighted by atomic mass is 9.75. The molecule has 0 saturated carbocycles. The topological polar surface area (TPSA) is 108 Å². The van der Waals surface area contributed by atoms with Crippen LogP contribution in [0.25, 0.3) is 0 Å². The van der Waals surface area contributed by atoms with Crippen LogP contribution in [0, 0.1) is 22.0 Å². The van der Waals surface area contributed by atoms with E-state index in [9.17, 15) is 19.7 Å². The molecule has 3 rings (SSSR count). The number of methoxy groups -OCH3 is 1. The van der Waals surface area contributed by atoms with E-state index >= 15 is 0 Å². The number of nitro benzene ring substituents is 1. The van der Waals surface area contributed by atoms with Crippen molar-refractivity contribution in [1.29, 1.82) is 0 Å². The third-order valence-electron chi connectivity index (χ3n) is 5.49. The molecule has 0 N–H and O–H groups in total.